The van der Waals surface area contributed by atoms with Gasteiger partial charge in [-0.3, -0.25) is 4.79 Å². The number of carbonyl (C=O) groups excluding carboxylic acids is 1. The molecule has 0 heterocycles. The maximum atomic E-state index is 12.0. The average Bonchev–Trinajstić information content (AvgIpc) is 2.61. The number of anilines is 1. The van der Waals surface area contributed by atoms with Crippen LogP contribution in [0.15, 0.2) is 54.6 Å². The third kappa shape index (κ3) is 6.02. The molecule has 6 nitrogen and oxygen atoms in total. The summed E-state index contributed by atoms with van der Waals surface area (Å²) in [6, 6.07) is 13.9. The quantitative estimate of drug-likeness (QED) is 0.720. The van der Waals surface area contributed by atoms with Gasteiger partial charge in [0.25, 0.3) is 5.91 Å². The number of ether oxygens (including phenoxy) is 2. The molecule has 2 aromatic rings. The molecule has 2 aromatic carbocycles. The van der Waals surface area contributed by atoms with E-state index in [2.05, 4.69) is 5.32 Å². The Morgan fingerprint density at radius 3 is 2.48 bits per heavy atom. The summed E-state index contributed by atoms with van der Waals surface area (Å²) < 4.78 is 10.8. The largest absolute Gasteiger partial charge is 0.494 e. The minimum absolute atomic E-state index is 0.189. The molecule has 0 saturated carbocycles. The van der Waals surface area contributed by atoms with Crippen LogP contribution >= 0.6 is 0 Å². The lowest BCUT2D eigenvalue weighted by atomic mass is 10.2. The second-order valence-corrected chi connectivity index (χ2v) is 5.00. The molecule has 130 valence electrons. The van der Waals surface area contributed by atoms with E-state index < -0.39 is 5.97 Å². The van der Waals surface area contributed by atoms with Gasteiger partial charge in [0.2, 0.25) is 0 Å². The van der Waals surface area contributed by atoms with E-state index in [1.54, 1.807) is 48.5 Å². The van der Waals surface area contributed by atoms with Gasteiger partial charge < -0.3 is 19.9 Å². The standard InChI is InChI=1S/C19H19NO5/c1-2-24-16-10-8-15(9-11-16)20-18(21)13-25-17-6-4-3-5-14(17)7-12-19(22)23/h3-12H,2,13H2,1H3,(H,20,21)(H,22,23)/b12-7+. The number of aliphatic carboxylic acids is 1. The van der Waals surface area contributed by atoms with Crippen LogP contribution in [0.4, 0.5) is 5.69 Å². The number of carboxylic acids is 1. The van der Waals surface area contributed by atoms with Crippen LogP contribution in [0.5, 0.6) is 11.5 Å². The Kier molecular flexibility index (Phi) is 6.59. The maximum Gasteiger partial charge on any atom is 0.328 e. The van der Waals surface area contributed by atoms with E-state index in [1.807, 2.05) is 6.92 Å². The zero-order valence-electron chi connectivity index (χ0n) is 13.8. The van der Waals surface area contributed by atoms with E-state index in [4.69, 9.17) is 14.6 Å². The molecule has 0 radical (unpaired) electrons. The first-order chi connectivity index (χ1) is 12.1. The first-order valence-electron chi connectivity index (χ1n) is 7.74. The number of amides is 1. The summed E-state index contributed by atoms with van der Waals surface area (Å²) in [5.41, 5.74) is 1.22. The van der Waals surface area contributed by atoms with Crippen LogP contribution in [-0.2, 0) is 9.59 Å². The van der Waals surface area contributed by atoms with Crippen molar-refractivity contribution in [1.82, 2.24) is 0 Å². The normalized spacial score (nSPS) is 10.4. The SMILES string of the molecule is CCOc1ccc(NC(=O)COc2ccccc2/C=C/C(=O)O)cc1. The van der Waals surface area contributed by atoms with Crippen LogP contribution in [0.1, 0.15) is 12.5 Å². The molecule has 0 fully saturated rings. The lowest BCUT2D eigenvalue weighted by Crippen LogP contribution is -2.20. The highest BCUT2D eigenvalue weighted by Crippen LogP contribution is 2.20. The maximum absolute atomic E-state index is 12.0. The molecule has 0 spiro atoms. The summed E-state index contributed by atoms with van der Waals surface area (Å²) in [4.78, 5) is 22.6. The van der Waals surface area contributed by atoms with Gasteiger partial charge in [-0.1, -0.05) is 18.2 Å². The zero-order valence-corrected chi connectivity index (χ0v) is 13.8. The van der Waals surface area contributed by atoms with Crippen molar-refractivity contribution in [3.05, 3.63) is 60.2 Å². The van der Waals surface area contributed by atoms with Gasteiger partial charge in [0.15, 0.2) is 6.61 Å². The lowest BCUT2D eigenvalue weighted by Gasteiger charge is -2.10. The van der Waals surface area contributed by atoms with Crippen molar-refractivity contribution in [2.75, 3.05) is 18.5 Å². The number of nitrogens with one attached hydrogen (secondary N) is 1. The lowest BCUT2D eigenvalue weighted by molar-refractivity contribution is -0.131. The van der Waals surface area contributed by atoms with E-state index in [0.717, 1.165) is 11.8 Å². The molecule has 0 bridgehead atoms. The molecule has 0 aliphatic rings. The van der Waals surface area contributed by atoms with Gasteiger partial charge in [-0.05, 0) is 43.3 Å². The van der Waals surface area contributed by atoms with Crippen molar-refractivity contribution in [2.45, 2.75) is 6.92 Å². The monoisotopic (exact) mass is 341 g/mol. The van der Waals surface area contributed by atoms with Gasteiger partial charge in [0.1, 0.15) is 11.5 Å². The Hall–Kier alpha value is -3.28. The van der Waals surface area contributed by atoms with E-state index in [-0.39, 0.29) is 12.5 Å². The minimum Gasteiger partial charge on any atom is -0.494 e. The van der Waals surface area contributed by atoms with Gasteiger partial charge in [-0.2, -0.15) is 0 Å². The van der Waals surface area contributed by atoms with Crippen LogP contribution in [0.25, 0.3) is 6.08 Å². The molecule has 2 N–H and O–H groups in total. The van der Waals surface area contributed by atoms with Gasteiger partial charge >= 0.3 is 5.97 Å². The number of benzene rings is 2. The fourth-order valence-corrected chi connectivity index (χ4v) is 2.05. The van der Waals surface area contributed by atoms with E-state index >= 15 is 0 Å². The molecule has 0 saturated heterocycles. The third-order valence-electron chi connectivity index (χ3n) is 3.13. The van der Waals surface area contributed by atoms with Crippen LogP contribution in [-0.4, -0.2) is 30.2 Å². The Bertz CT molecular complexity index is 753. The number of carboxylic acid groups (broad SMARTS) is 1. The number of hydrogen-bond acceptors (Lipinski definition) is 4. The van der Waals surface area contributed by atoms with Crippen LogP contribution in [0, 0.1) is 0 Å². The summed E-state index contributed by atoms with van der Waals surface area (Å²) in [7, 11) is 0. The van der Waals surface area contributed by atoms with Crippen molar-refractivity contribution >= 4 is 23.6 Å². The average molecular weight is 341 g/mol. The molecule has 0 atom stereocenters. The zero-order chi connectivity index (χ0) is 18.1. The number of para-hydroxylation sites is 1. The van der Waals surface area contributed by atoms with Gasteiger partial charge in [-0.15, -0.1) is 0 Å². The Balaban J connectivity index is 1.92. The van der Waals surface area contributed by atoms with Gasteiger partial charge in [0, 0.05) is 17.3 Å². The highest BCUT2D eigenvalue weighted by molar-refractivity contribution is 5.92. The molecule has 0 unspecified atom stereocenters. The van der Waals surface area contributed by atoms with Crippen LogP contribution in [0.3, 0.4) is 0 Å². The Labute approximate surface area is 145 Å². The predicted molar refractivity (Wildman–Crippen MR) is 94.8 cm³/mol. The number of carbonyl (C=O) groups is 2. The summed E-state index contributed by atoms with van der Waals surface area (Å²) in [6.07, 6.45) is 2.43. The molecular formula is C19H19NO5. The van der Waals surface area contributed by atoms with E-state index in [0.29, 0.717) is 23.6 Å². The topological polar surface area (TPSA) is 84.9 Å². The molecule has 1 amide bonds. The first-order valence-corrected chi connectivity index (χ1v) is 7.74. The summed E-state index contributed by atoms with van der Waals surface area (Å²) in [6.45, 7) is 2.29. The highest BCUT2D eigenvalue weighted by atomic mass is 16.5. The Morgan fingerprint density at radius 1 is 1.08 bits per heavy atom. The first kappa shape index (κ1) is 18.1. The van der Waals surface area contributed by atoms with E-state index in [1.165, 1.54) is 6.08 Å². The molecular weight excluding hydrogens is 322 g/mol. The van der Waals surface area contributed by atoms with Crippen molar-refractivity contribution in [1.29, 1.82) is 0 Å². The van der Waals surface area contributed by atoms with Gasteiger partial charge in [0.05, 0.1) is 6.61 Å². The highest BCUT2D eigenvalue weighted by Gasteiger charge is 2.06. The number of hydrogen-bond donors (Lipinski definition) is 2. The predicted octanol–water partition coefficient (Wildman–Crippen LogP) is 3.20. The minimum atomic E-state index is -1.05. The third-order valence-corrected chi connectivity index (χ3v) is 3.13. The second-order valence-electron chi connectivity index (χ2n) is 5.00. The fraction of sp³-hybridized carbons (Fsp3) is 0.158. The summed E-state index contributed by atoms with van der Waals surface area (Å²) in [5.74, 6) is -0.207. The second kappa shape index (κ2) is 9.12. The van der Waals surface area contributed by atoms with Crippen molar-refractivity contribution < 1.29 is 24.2 Å². The van der Waals surface area contributed by atoms with E-state index in [9.17, 15) is 9.59 Å². The van der Waals surface area contributed by atoms with Crippen molar-refractivity contribution in [3.8, 4) is 11.5 Å². The molecule has 6 heteroatoms. The summed E-state index contributed by atoms with van der Waals surface area (Å²) in [5, 5.41) is 11.4. The molecule has 0 aliphatic heterocycles. The summed E-state index contributed by atoms with van der Waals surface area (Å²) >= 11 is 0. The van der Waals surface area contributed by atoms with Crippen molar-refractivity contribution in [2.24, 2.45) is 0 Å². The molecule has 2 rings (SSSR count). The molecule has 0 aliphatic carbocycles. The van der Waals surface area contributed by atoms with Crippen LogP contribution < -0.4 is 14.8 Å². The molecule has 0 aromatic heterocycles. The fourth-order valence-electron chi connectivity index (χ4n) is 2.05. The van der Waals surface area contributed by atoms with Gasteiger partial charge in [-0.25, -0.2) is 4.79 Å². The Morgan fingerprint density at radius 2 is 1.80 bits per heavy atom. The molecule has 25 heavy (non-hydrogen) atoms. The smallest absolute Gasteiger partial charge is 0.328 e. The van der Waals surface area contributed by atoms with Crippen LogP contribution in [0.2, 0.25) is 0 Å². The number of rotatable bonds is 8. The van der Waals surface area contributed by atoms with Crippen molar-refractivity contribution in [3.63, 3.8) is 0 Å².